The fourth-order valence-electron chi connectivity index (χ4n) is 8.73. The maximum atomic E-state index is 12.4. The van der Waals surface area contributed by atoms with E-state index in [1.165, 1.54) is 18.8 Å². The number of nitrogens with zero attached hydrogens (tertiary/aromatic N) is 8. The second-order valence-corrected chi connectivity index (χ2v) is 19.2. The van der Waals surface area contributed by atoms with Gasteiger partial charge in [0, 0.05) is 135 Å². The van der Waals surface area contributed by atoms with E-state index in [1.54, 1.807) is 0 Å². The summed E-state index contributed by atoms with van der Waals surface area (Å²) in [5.41, 5.74) is 2.33. The number of aryl methyl sites for hydroxylation is 1. The topological polar surface area (TPSA) is 296 Å². The molecule has 76 heavy (non-hydrogen) atoms. The first kappa shape index (κ1) is 68.2. The Balaban J connectivity index is 0.0000198. The molecule has 1 aromatic carbocycles. The first-order valence-electron chi connectivity index (χ1n) is 26.4. The van der Waals surface area contributed by atoms with E-state index >= 15 is 0 Å². The fraction of sp³-hybridized carbons (Fsp3) is 0.654. The summed E-state index contributed by atoms with van der Waals surface area (Å²) in [5.74, 6) is -1.85. The van der Waals surface area contributed by atoms with Gasteiger partial charge in [0.15, 0.2) is 0 Å². The van der Waals surface area contributed by atoms with Crippen molar-refractivity contribution in [3.63, 3.8) is 0 Å². The molecule has 1 aliphatic rings. The summed E-state index contributed by atoms with van der Waals surface area (Å²) in [5, 5.41) is 52.6. The van der Waals surface area contributed by atoms with Crippen LogP contribution in [0.3, 0.4) is 0 Å². The summed E-state index contributed by atoms with van der Waals surface area (Å²) >= 11 is 0. The Morgan fingerprint density at radius 3 is 1.78 bits per heavy atom. The minimum Gasteiger partial charge on any atom is -0.481 e. The number of benzene rings is 1. The molecule has 3 atom stereocenters. The Kier molecular flexibility index (Phi) is 36.2. The number of unbranched alkanes of at least 4 members (excludes halogenated alkanes) is 8. The van der Waals surface area contributed by atoms with Gasteiger partial charge in [-0.3, -0.25) is 20.1 Å². The van der Waals surface area contributed by atoms with Crippen LogP contribution in [0.1, 0.15) is 113 Å². The molecule has 0 bridgehead atoms. The minimum atomic E-state index is -1.48. The molecule has 0 spiro atoms. The first-order valence-corrected chi connectivity index (χ1v) is 26.4. The maximum Gasteiger partial charge on any atom is 0.326 e. The first-order chi connectivity index (χ1) is 36.1. The largest absolute Gasteiger partial charge is 0.481 e. The fourth-order valence-corrected chi connectivity index (χ4v) is 8.73. The smallest absolute Gasteiger partial charge is 0.326 e. The van der Waals surface area contributed by atoms with Gasteiger partial charge in [0.25, 0.3) is 0 Å². The van der Waals surface area contributed by atoms with Gasteiger partial charge >= 0.3 is 23.9 Å². The molecule has 3 rings (SSSR count). The molecule has 2 heterocycles. The van der Waals surface area contributed by atoms with Gasteiger partial charge in [-0.1, -0.05) is 62.8 Å². The number of carbonyl (C=O) groups is 5. The molecule has 0 aliphatic carbocycles. The van der Waals surface area contributed by atoms with Crippen LogP contribution in [-0.2, 0) is 48.2 Å². The van der Waals surface area contributed by atoms with E-state index in [-0.39, 0.29) is 61.7 Å². The molecule has 1 radical (unpaired) electrons. The van der Waals surface area contributed by atoms with Crippen molar-refractivity contribution in [3.05, 3.63) is 74.1 Å². The van der Waals surface area contributed by atoms with E-state index in [4.69, 9.17) is 30.6 Å². The third-order valence-corrected chi connectivity index (χ3v) is 13.2. The molecule has 2 aromatic rings. The Hall–Kier alpha value is -3.91. The number of carboxylic acid groups (broad SMARTS) is 3. The van der Waals surface area contributed by atoms with Crippen molar-refractivity contribution in [1.29, 1.82) is 0 Å². The minimum absolute atomic E-state index is 0. The number of carboxylic acids is 3. The Morgan fingerprint density at radius 1 is 0.684 bits per heavy atom. The van der Waals surface area contributed by atoms with Crippen LogP contribution >= 0.6 is 0 Å². The van der Waals surface area contributed by atoms with Gasteiger partial charge in [-0.05, 0) is 56.1 Å². The van der Waals surface area contributed by atoms with Crippen molar-refractivity contribution < 1.29 is 96.5 Å². The van der Waals surface area contributed by atoms with Crippen molar-refractivity contribution in [2.45, 2.75) is 127 Å². The zero-order chi connectivity index (χ0) is 54.8. The summed E-state index contributed by atoms with van der Waals surface area (Å²) < 4.78 is 0. The van der Waals surface area contributed by atoms with Crippen LogP contribution in [0.15, 0.2) is 24.3 Å². The van der Waals surface area contributed by atoms with Crippen molar-refractivity contribution in [2.75, 3.05) is 97.5 Å². The van der Waals surface area contributed by atoms with Crippen LogP contribution in [0.5, 0.6) is 0 Å². The van der Waals surface area contributed by atoms with Gasteiger partial charge in [0.05, 0.1) is 0 Å². The number of urea groups is 1. The van der Waals surface area contributed by atoms with Gasteiger partial charge in [-0.2, -0.15) is 23.2 Å². The third kappa shape index (κ3) is 29.2. The zero-order valence-corrected chi connectivity index (χ0v) is 46.2. The quantitative estimate of drug-likeness (QED) is 0.0207. The summed E-state index contributed by atoms with van der Waals surface area (Å²) in [6.07, 6.45) is 10.8. The van der Waals surface area contributed by atoms with E-state index in [0.717, 1.165) is 127 Å². The monoisotopic (exact) mass is 1230 g/mol. The van der Waals surface area contributed by atoms with Crippen molar-refractivity contribution in [3.8, 4) is 0 Å². The van der Waals surface area contributed by atoms with E-state index in [1.807, 2.05) is 19.0 Å². The molecule has 8 N–H and O–H groups in total. The molecule has 23 nitrogen and oxygen atoms in total. The Labute approximate surface area is 478 Å². The zero-order valence-electron chi connectivity index (χ0n) is 44.5. The van der Waals surface area contributed by atoms with Gasteiger partial charge < -0.3 is 79.4 Å². The van der Waals surface area contributed by atoms with Crippen LogP contribution in [0.4, 0.5) is 10.7 Å². The number of rotatable bonds is 36. The Bertz CT molecular complexity index is 1960. The number of aliphatic carboxylic acids is 3. The number of anilines is 1. The summed E-state index contributed by atoms with van der Waals surface area (Å²) in [4.78, 5) is 92.4. The summed E-state index contributed by atoms with van der Waals surface area (Å²) in [7, 11) is 3.87. The third-order valence-electron chi connectivity index (χ3n) is 13.2. The van der Waals surface area contributed by atoms with Gasteiger partial charge in [0.2, 0.25) is 11.9 Å². The molecule has 1 aliphatic heterocycles. The van der Waals surface area contributed by atoms with Gasteiger partial charge in [-0.15, -0.1) is 26.2 Å². The van der Waals surface area contributed by atoms with Gasteiger partial charge in [-0.25, -0.2) is 19.4 Å². The van der Waals surface area contributed by atoms with Gasteiger partial charge in [0.1, 0.15) is 23.7 Å². The number of amides is 3. The van der Waals surface area contributed by atoms with Crippen LogP contribution in [0, 0.1) is 63.9 Å². The summed E-state index contributed by atoms with van der Waals surface area (Å²) in [6.45, 7) is 19.3. The SMILES string of the molecule is [CH2-]CN1CCN(C[CH-]OO)CCN(C[CH-]OO)CCN(C[CH2-])C(Cc2ccc(Cc3nc(CCCCCCCCCCC(=O)NCCCC[C@H](NC(=O)N[C@@H](CCC(=O)O)C(=O)O)C(=O)O)nc(N(C)C)n3)cc2)C1.[Lu]. The van der Waals surface area contributed by atoms with Crippen molar-refractivity contribution in [2.24, 2.45) is 0 Å². The predicted molar refractivity (Wildman–Crippen MR) is 282 cm³/mol. The predicted octanol–water partition coefficient (Wildman–Crippen LogP) is 4.04. The van der Waals surface area contributed by atoms with E-state index in [0.29, 0.717) is 64.4 Å². The molecule has 1 saturated heterocycles. The molecule has 0 saturated carbocycles. The summed E-state index contributed by atoms with van der Waals surface area (Å²) in [6, 6.07) is 5.12. The molecule has 1 aromatic heterocycles. The van der Waals surface area contributed by atoms with E-state index in [9.17, 15) is 34.2 Å². The number of hydrogen-bond donors (Lipinski definition) is 8. The van der Waals surface area contributed by atoms with Crippen LogP contribution in [0.25, 0.3) is 0 Å². The number of aromatic nitrogens is 3. The standard InChI is InChI=1S/C52H85N11O12.Lu/c1-5-60-27-28-61(33-35-74-72)29-30-62(34-36-75-73)31-32-63(6-2)42(39-60)37-40-20-22-41(23-21-40)38-46-56-45(57-51(58-46)59(3)4)18-13-11-9-7-8-10-12-14-19-47(64)53-26-16-15-17-43(49(67)68)54-52(71)55-44(50(69)70)24-25-48(65)66;/h20-23,35-36,42-44,72-73H,1-2,5-19,24-34,37-39H2,3-4H3,(H,53,64)(H,65,66)(H,67,68)(H,69,70)(H2,54,55,71);/q-4;/t42?,43-,44-;/m0./s1. The molecule has 439 valence electrons. The van der Waals surface area contributed by atoms with Crippen molar-refractivity contribution in [1.82, 2.24) is 50.5 Å². The molecule has 24 heteroatoms. The molecule has 1 fully saturated rings. The second kappa shape index (κ2) is 40.3. The van der Waals surface area contributed by atoms with Crippen LogP contribution < -0.4 is 20.9 Å². The van der Waals surface area contributed by atoms with Crippen LogP contribution in [-0.4, -0.2) is 201 Å². The number of hydrogen-bond acceptors (Lipinski definition) is 17. The second-order valence-electron chi connectivity index (χ2n) is 19.2. The normalized spacial score (nSPS) is 16.1. The van der Waals surface area contributed by atoms with Crippen LogP contribution in [0.2, 0.25) is 0 Å². The average Bonchev–Trinajstić information content (AvgIpc) is 3.37. The maximum absolute atomic E-state index is 12.4. The molecular weight excluding hydrogens is 1150 g/mol. The number of carbonyl (C=O) groups excluding carboxylic acids is 2. The molecular formula is C52H85LuN11O12-4. The van der Waals surface area contributed by atoms with E-state index < -0.39 is 42.4 Å². The number of nitrogens with one attached hydrogen (secondary N) is 3. The molecule has 3 amide bonds. The van der Waals surface area contributed by atoms with E-state index in [2.05, 4.69) is 83.4 Å². The van der Waals surface area contributed by atoms with Crippen molar-refractivity contribution >= 4 is 35.8 Å². The molecule has 1 unspecified atom stereocenters. The average molecular weight is 1230 g/mol. The Morgan fingerprint density at radius 2 is 1.22 bits per heavy atom.